The fourth-order valence-corrected chi connectivity index (χ4v) is 1.89. The highest BCUT2D eigenvalue weighted by molar-refractivity contribution is 5.77. The van der Waals surface area contributed by atoms with E-state index in [4.69, 9.17) is 0 Å². The Morgan fingerprint density at radius 2 is 2.05 bits per heavy atom. The van der Waals surface area contributed by atoms with Crippen LogP contribution in [0.25, 0.3) is 0 Å². The van der Waals surface area contributed by atoms with E-state index < -0.39 is 18.0 Å². The molecule has 0 aliphatic heterocycles. The predicted molar refractivity (Wildman–Crippen MR) is 69.1 cm³/mol. The van der Waals surface area contributed by atoms with Crippen LogP contribution in [0.4, 0.5) is 18.0 Å². The minimum absolute atomic E-state index is 0.0241. The van der Waals surface area contributed by atoms with Gasteiger partial charge in [0.2, 0.25) is 0 Å². The number of hydrogen-bond acceptors (Lipinski definition) is 5. The number of halogens is 3. The summed E-state index contributed by atoms with van der Waals surface area (Å²) in [5, 5.41) is 6.88. The van der Waals surface area contributed by atoms with Crippen LogP contribution in [-0.2, 0) is 12.6 Å². The molecule has 0 saturated heterocycles. The fraction of sp³-hybridized carbons (Fsp3) is 0.583. The molecule has 22 heavy (non-hydrogen) atoms. The fourth-order valence-electron chi connectivity index (χ4n) is 1.89. The van der Waals surface area contributed by atoms with Crippen LogP contribution in [-0.4, -0.2) is 35.6 Å². The molecule has 7 nitrogen and oxygen atoms in total. The Kier molecular flexibility index (Phi) is 4.88. The van der Waals surface area contributed by atoms with Crippen molar-refractivity contribution in [2.75, 3.05) is 0 Å². The first-order valence-corrected chi connectivity index (χ1v) is 6.86. The second-order valence-corrected chi connectivity index (χ2v) is 4.69. The van der Waals surface area contributed by atoms with Gasteiger partial charge in [-0.3, -0.25) is 0 Å². The molecule has 2 aromatic rings. The molecule has 2 heterocycles. The Labute approximate surface area is 124 Å². The van der Waals surface area contributed by atoms with Crippen molar-refractivity contribution in [3.8, 4) is 0 Å². The van der Waals surface area contributed by atoms with E-state index in [1.807, 2.05) is 6.92 Å². The number of unbranched alkanes of at least 4 members (excludes halogenated alkanes) is 3. The number of aryl methyl sites for hydroxylation is 1. The van der Waals surface area contributed by atoms with Gasteiger partial charge in [0.05, 0.1) is 0 Å². The molecule has 0 aromatic carbocycles. The Hall–Kier alpha value is -2.26. The smallest absolute Gasteiger partial charge is 0.243 e. The standard InChI is InChI=1S/C12H15F3N6O/c1-2-3-4-5-6-9-18-10(12(13,14)15)19-21(9)11(22)20-8-16-7-17-20/h7-8H,2-6H2,1H3. The minimum Gasteiger partial charge on any atom is -0.243 e. The molecule has 2 aromatic heterocycles. The normalized spacial score (nSPS) is 11.8. The molecule has 0 bridgehead atoms. The van der Waals surface area contributed by atoms with Crippen LogP contribution in [0.15, 0.2) is 12.7 Å². The van der Waals surface area contributed by atoms with E-state index in [0.29, 0.717) is 11.1 Å². The van der Waals surface area contributed by atoms with Gasteiger partial charge >= 0.3 is 12.2 Å². The summed E-state index contributed by atoms with van der Waals surface area (Å²) < 4.78 is 39.7. The molecule has 0 aliphatic rings. The summed E-state index contributed by atoms with van der Waals surface area (Å²) in [5.74, 6) is -1.35. The number of nitrogens with zero attached hydrogens (tertiary/aromatic N) is 6. The number of carbonyl (C=O) groups is 1. The number of carbonyl (C=O) groups excluding carboxylic acids is 1. The average molecular weight is 316 g/mol. The second-order valence-electron chi connectivity index (χ2n) is 4.69. The Balaban J connectivity index is 2.25. The zero-order chi connectivity index (χ0) is 16.2. The van der Waals surface area contributed by atoms with Gasteiger partial charge in [0, 0.05) is 6.42 Å². The molecule has 10 heteroatoms. The molecule has 2 rings (SSSR count). The van der Waals surface area contributed by atoms with Crippen molar-refractivity contribution in [3.63, 3.8) is 0 Å². The van der Waals surface area contributed by atoms with E-state index in [1.54, 1.807) is 0 Å². The maximum Gasteiger partial charge on any atom is 0.453 e. The molecule has 0 amide bonds. The molecular formula is C12H15F3N6O. The van der Waals surface area contributed by atoms with E-state index in [9.17, 15) is 18.0 Å². The number of hydrogen-bond donors (Lipinski definition) is 0. The van der Waals surface area contributed by atoms with E-state index in [1.165, 1.54) is 0 Å². The van der Waals surface area contributed by atoms with Gasteiger partial charge in [-0.25, -0.2) is 14.8 Å². The minimum atomic E-state index is -4.70. The van der Waals surface area contributed by atoms with E-state index in [2.05, 4.69) is 20.2 Å². The Morgan fingerprint density at radius 3 is 2.64 bits per heavy atom. The van der Waals surface area contributed by atoms with Crippen LogP contribution >= 0.6 is 0 Å². The molecule has 0 radical (unpaired) electrons. The summed E-state index contributed by atoms with van der Waals surface area (Å²) in [5.41, 5.74) is 0. The van der Waals surface area contributed by atoms with Crippen molar-refractivity contribution in [3.05, 3.63) is 24.3 Å². The van der Waals surface area contributed by atoms with Gasteiger partial charge in [0.1, 0.15) is 18.5 Å². The second kappa shape index (κ2) is 6.67. The van der Waals surface area contributed by atoms with Gasteiger partial charge < -0.3 is 0 Å². The first-order valence-electron chi connectivity index (χ1n) is 6.86. The van der Waals surface area contributed by atoms with E-state index >= 15 is 0 Å². The van der Waals surface area contributed by atoms with Crippen molar-refractivity contribution in [2.45, 2.75) is 45.2 Å². The van der Waals surface area contributed by atoms with Gasteiger partial charge in [0.15, 0.2) is 0 Å². The third kappa shape index (κ3) is 3.68. The zero-order valence-corrected chi connectivity index (χ0v) is 11.9. The summed E-state index contributed by atoms with van der Waals surface area (Å²) in [6, 6.07) is -0.842. The average Bonchev–Trinajstić information content (AvgIpc) is 3.11. The first kappa shape index (κ1) is 16.1. The van der Waals surface area contributed by atoms with Crippen LogP contribution < -0.4 is 0 Å². The van der Waals surface area contributed by atoms with Gasteiger partial charge in [0.25, 0.3) is 5.82 Å². The van der Waals surface area contributed by atoms with Gasteiger partial charge in [-0.15, -0.1) is 5.10 Å². The molecule has 0 N–H and O–H groups in total. The molecule has 0 atom stereocenters. The number of aromatic nitrogens is 6. The van der Waals surface area contributed by atoms with Crippen LogP contribution in [0, 0.1) is 0 Å². The topological polar surface area (TPSA) is 78.5 Å². The summed E-state index contributed by atoms with van der Waals surface area (Å²) in [6.45, 7) is 2.03. The lowest BCUT2D eigenvalue weighted by Crippen LogP contribution is -2.23. The zero-order valence-electron chi connectivity index (χ0n) is 11.9. The summed E-state index contributed by atoms with van der Waals surface area (Å²) in [7, 11) is 0. The Morgan fingerprint density at radius 1 is 1.27 bits per heavy atom. The van der Waals surface area contributed by atoms with E-state index in [0.717, 1.165) is 36.6 Å². The molecule has 120 valence electrons. The summed E-state index contributed by atoms with van der Waals surface area (Å²) in [4.78, 5) is 19.2. The third-order valence-corrected chi connectivity index (χ3v) is 2.98. The largest absolute Gasteiger partial charge is 0.453 e. The summed E-state index contributed by atoms with van der Waals surface area (Å²) in [6.07, 6.45) is 1.19. The third-order valence-electron chi connectivity index (χ3n) is 2.98. The quantitative estimate of drug-likeness (QED) is 0.792. The van der Waals surface area contributed by atoms with Crippen LogP contribution in [0.5, 0.6) is 0 Å². The maximum absolute atomic E-state index is 12.7. The van der Waals surface area contributed by atoms with Crippen molar-refractivity contribution in [1.82, 2.24) is 29.5 Å². The highest BCUT2D eigenvalue weighted by atomic mass is 19.4. The monoisotopic (exact) mass is 316 g/mol. The number of rotatable bonds is 5. The molecule has 0 unspecified atom stereocenters. The van der Waals surface area contributed by atoms with Gasteiger partial charge in [-0.05, 0) is 6.42 Å². The molecule has 0 saturated carbocycles. The van der Waals surface area contributed by atoms with Crippen molar-refractivity contribution in [1.29, 1.82) is 0 Å². The van der Waals surface area contributed by atoms with Crippen molar-refractivity contribution < 1.29 is 18.0 Å². The molecule has 0 fully saturated rings. The van der Waals surface area contributed by atoms with E-state index in [-0.39, 0.29) is 12.2 Å². The molecule has 0 spiro atoms. The lowest BCUT2D eigenvalue weighted by atomic mass is 10.1. The lowest BCUT2D eigenvalue weighted by Gasteiger charge is -2.03. The molecular weight excluding hydrogens is 301 g/mol. The Bertz CT molecular complexity index is 619. The van der Waals surface area contributed by atoms with Crippen LogP contribution in [0.3, 0.4) is 0 Å². The maximum atomic E-state index is 12.7. The first-order chi connectivity index (χ1) is 10.4. The highest BCUT2D eigenvalue weighted by Gasteiger charge is 2.38. The van der Waals surface area contributed by atoms with Crippen molar-refractivity contribution in [2.24, 2.45) is 0 Å². The van der Waals surface area contributed by atoms with Gasteiger partial charge in [-0.2, -0.15) is 27.6 Å². The predicted octanol–water partition coefficient (Wildman–Crippen LogP) is 2.53. The molecule has 0 aliphatic carbocycles. The lowest BCUT2D eigenvalue weighted by molar-refractivity contribution is -0.144. The van der Waals surface area contributed by atoms with Crippen LogP contribution in [0.1, 0.15) is 44.3 Å². The van der Waals surface area contributed by atoms with Crippen LogP contribution in [0.2, 0.25) is 0 Å². The van der Waals surface area contributed by atoms with Gasteiger partial charge in [-0.1, -0.05) is 26.2 Å². The SMILES string of the molecule is CCCCCCc1nc(C(F)(F)F)nn1C(=O)n1cncn1. The number of alkyl halides is 3. The summed E-state index contributed by atoms with van der Waals surface area (Å²) >= 11 is 0. The van der Waals surface area contributed by atoms with Crippen molar-refractivity contribution >= 4 is 6.03 Å². The highest BCUT2D eigenvalue weighted by Crippen LogP contribution is 2.26.